The molecule has 4 aromatic rings. The molecule has 2 aliphatic rings. The molecule has 0 unspecified atom stereocenters. The lowest BCUT2D eigenvalue weighted by atomic mass is 9.93. The summed E-state index contributed by atoms with van der Waals surface area (Å²) in [4.78, 5) is 35.7. The van der Waals surface area contributed by atoms with Crippen LogP contribution in [0.4, 0.5) is 4.39 Å². The summed E-state index contributed by atoms with van der Waals surface area (Å²) >= 11 is 0. The zero-order valence-corrected chi connectivity index (χ0v) is 23.0. The first-order valence-corrected chi connectivity index (χ1v) is 13.5. The molecule has 2 aliphatic heterocycles. The van der Waals surface area contributed by atoms with E-state index in [1.165, 1.54) is 12.1 Å². The Morgan fingerprint density at radius 1 is 1.02 bits per heavy atom. The lowest BCUT2D eigenvalue weighted by Crippen LogP contribution is -2.41. The second-order valence-electron chi connectivity index (χ2n) is 10.3. The predicted octanol–water partition coefficient (Wildman–Crippen LogP) is 4.61. The van der Waals surface area contributed by atoms with Gasteiger partial charge in [-0.15, -0.1) is 0 Å². The lowest BCUT2D eigenvalue weighted by Gasteiger charge is -2.28. The summed E-state index contributed by atoms with van der Waals surface area (Å²) < 4.78 is 30.6. The molecule has 0 N–H and O–H groups in total. The van der Waals surface area contributed by atoms with E-state index in [1.54, 1.807) is 42.3 Å². The monoisotopic (exact) mass is 555 g/mol. The van der Waals surface area contributed by atoms with E-state index >= 15 is 0 Å². The summed E-state index contributed by atoms with van der Waals surface area (Å²) in [6, 6.07) is 15.8. The molecule has 210 valence electrons. The minimum atomic E-state index is -0.299. The molecule has 0 radical (unpaired) electrons. The van der Waals surface area contributed by atoms with E-state index in [0.29, 0.717) is 66.1 Å². The lowest BCUT2D eigenvalue weighted by molar-refractivity contribution is 0.0303. The number of morpholine rings is 1. The van der Waals surface area contributed by atoms with Crippen molar-refractivity contribution in [1.82, 2.24) is 14.8 Å². The molecule has 2 amide bonds. The van der Waals surface area contributed by atoms with Crippen LogP contribution < -0.4 is 9.47 Å². The van der Waals surface area contributed by atoms with Crippen molar-refractivity contribution in [3.05, 3.63) is 100.0 Å². The Morgan fingerprint density at radius 3 is 2.44 bits per heavy atom. The number of carbonyl (C=O) groups is 2. The highest BCUT2D eigenvalue weighted by Crippen LogP contribution is 2.41. The number of nitrogens with zero attached hydrogens (tertiary/aromatic N) is 3. The van der Waals surface area contributed by atoms with Gasteiger partial charge in [0.15, 0.2) is 5.75 Å². The number of hydrogen-bond acceptors (Lipinski definition) is 6. The van der Waals surface area contributed by atoms with Crippen LogP contribution in [0.1, 0.15) is 43.0 Å². The Balaban J connectivity index is 1.49. The molecule has 6 rings (SSSR count). The van der Waals surface area contributed by atoms with E-state index in [0.717, 1.165) is 22.4 Å². The van der Waals surface area contributed by atoms with E-state index in [-0.39, 0.29) is 30.8 Å². The highest BCUT2D eigenvalue weighted by atomic mass is 19.1. The fraction of sp³-hybridized carbons (Fsp3) is 0.281. The van der Waals surface area contributed by atoms with Gasteiger partial charge in [-0.3, -0.25) is 14.6 Å². The van der Waals surface area contributed by atoms with Crippen LogP contribution in [-0.2, 0) is 24.3 Å². The summed E-state index contributed by atoms with van der Waals surface area (Å²) in [5, 5.41) is 0.632. The molecular formula is C32H30FN3O5. The highest BCUT2D eigenvalue weighted by molar-refractivity contribution is 6.16. The quantitative estimate of drug-likeness (QED) is 0.331. The number of ether oxygens (including phenoxy) is 3. The van der Waals surface area contributed by atoms with E-state index in [2.05, 4.69) is 0 Å². The number of amides is 2. The van der Waals surface area contributed by atoms with Gasteiger partial charge in [0.2, 0.25) is 0 Å². The zero-order chi connectivity index (χ0) is 28.5. The third-order valence-corrected chi connectivity index (χ3v) is 7.59. The van der Waals surface area contributed by atoms with Crippen LogP contribution in [0.2, 0.25) is 0 Å². The van der Waals surface area contributed by atoms with Crippen molar-refractivity contribution in [2.75, 3.05) is 40.5 Å². The molecule has 1 aromatic heterocycles. The van der Waals surface area contributed by atoms with Crippen molar-refractivity contribution in [3.63, 3.8) is 0 Å². The van der Waals surface area contributed by atoms with Crippen molar-refractivity contribution in [2.45, 2.75) is 19.6 Å². The average Bonchev–Trinajstić information content (AvgIpc) is 3.30. The molecule has 0 aliphatic carbocycles. The molecule has 0 spiro atoms. The minimum absolute atomic E-state index is 0.153. The van der Waals surface area contributed by atoms with E-state index in [9.17, 15) is 14.0 Å². The van der Waals surface area contributed by atoms with Gasteiger partial charge in [-0.25, -0.2) is 4.39 Å². The Bertz CT molecular complexity index is 1620. The minimum Gasteiger partial charge on any atom is -0.497 e. The first-order chi connectivity index (χ1) is 19.9. The van der Waals surface area contributed by atoms with Crippen LogP contribution in [0, 0.1) is 5.82 Å². The van der Waals surface area contributed by atoms with Gasteiger partial charge in [0.05, 0.1) is 31.5 Å². The number of pyridine rings is 1. The summed E-state index contributed by atoms with van der Waals surface area (Å²) in [7, 11) is 3.33. The van der Waals surface area contributed by atoms with Gasteiger partial charge in [-0.2, -0.15) is 0 Å². The summed E-state index contributed by atoms with van der Waals surface area (Å²) in [6.07, 6.45) is 2.23. The largest absolute Gasteiger partial charge is 0.497 e. The molecule has 1 saturated heterocycles. The normalized spacial score (nSPS) is 14.9. The Hall–Kier alpha value is -4.50. The summed E-state index contributed by atoms with van der Waals surface area (Å²) in [5.41, 5.74) is 4.63. The van der Waals surface area contributed by atoms with Gasteiger partial charge < -0.3 is 24.0 Å². The molecule has 1 fully saturated rings. The second kappa shape index (κ2) is 11.2. The third kappa shape index (κ3) is 5.20. The topological polar surface area (TPSA) is 81.2 Å². The number of benzene rings is 3. The first kappa shape index (κ1) is 26.7. The maximum atomic E-state index is 14.1. The Morgan fingerprint density at radius 2 is 1.73 bits per heavy atom. The molecule has 0 saturated carbocycles. The number of rotatable bonds is 7. The van der Waals surface area contributed by atoms with Gasteiger partial charge in [-0.1, -0.05) is 24.3 Å². The van der Waals surface area contributed by atoms with Crippen LogP contribution in [0.25, 0.3) is 10.9 Å². The van der Waals surface area contributed by atoms with Crippen molar-refractivity contribution < 1.29 is 28.2 Å². The standard InChI is InChI=1S/C32H30FN3O5/c1-35-18-26-27(32(38)36-11-13-40-14-12-36)25-16-22(15-20-3-7-23(33)8-4-20)17-34-29(25)30(28(26)31(35)37)41-19-21-5-9-24(39-2)10-6-21/h3-10,16-17H,11-15,18-19H2,1-2H3. The average molecular weight is 556 g/mol. The van der Waals surface area contributed by atoms with Crippen molar-refractivity contribution in [1.29, 1.82) is 0 Å². The van der Waals surface area contributed by atoms with Gasteiger partial charge in [0, 0.05) is 43.8 Å². The molecule has 3 aromatic carbocycles. The van der Waals surface area contributed by atoms with Crippen LogP contribution in [0.15, 0.2) is 60.8 Å². The van der Waals surface area contributed by atoms with Gasteiger partial charge in [0.25, 0.3) is 11.8 Å². The first-order valence-electron chi connectivity index (χ1n) is 13.5. The zero-order valence-electron chi connectivity index (χ0n) is 23.0. The fourth-order valence-corrected chi connectivity index (χ4v) is 5.43. The van der Waals surface area contributed by atoms with Crippen molar-refractivity contribution in [2.24, 2.45) is 0 Å². The molecule has 41 heavy (non-hydrogen) atoms. The van der Waals surface area contributed by atoms with Crippen LogP contribution >= 0.6 is 0 Å². The Labute approximate surface area is 237 Å². The maximum absolute atomic E-state index is 14.1. The fourth-order valence-electron chi connectivity index (χ4n) is 5.43. The van der Waals surface area contributed by atoms with Crippen LogP contribution in [0.3, 0.4) is 0 Å². The maximum Gasteiger partial charge on any atom is 0.258 e. The summed E-state index contributed by atoms with van der Waals surface area (Å²) in [6.45, 7) is 2.35. The molecule has 8 nitrogen and oxygen atoms in total. The Kier molecular flexibility index (Phi) is 7.28. The van der Waals surface area contributed by atoms with Gasteiger partial charge in [-0.05, 0) is 53.4 Å². The van der Waals surface area contributed by atoms with E-state index < -0.39 is 0 Å². The smallest absolute Gasteiger partial charge is 0.258 e. The number of carbonyl (C=O) groups excluding carboxylic acids is 2. The molecule has 3 heterocycles. The summed E-state index contributed by atoms with van der Waals surface area (Å²) in [5.74, 6) is 0.442. The third-order valence-electron chi connectivity index (χ3n) is 7.59. The second-order valence-corrected chi connectivity index (χ2v) is 10.3. The molecule has 0 atom stereocenters. The van der Waals surface area contributed by atoms with Gasteiger partial charge >= 0.3 is 0 Å². The predicted molar refractivity (Wildman–Crippen MR) is 151 cm³/mol. The van der Waals surface area contributed by atoms with Crippen LogP contribution in [0.5, 0.6) is 11.5 Å². The number of hydrogen-bond donors (Lipinski definition) is 0. The van der Waals surface area contributed by atoms with Crippen LogP contribution in [-0.4, -0.2) is 67.1 Å². The number of halogens is 1. The molecular weight excluding hydrogens is 525 g/mol. The number of fused-ring (bicyclic) bond motifs is 2. The number of aromatic nitrogens is 1. The van der Waals surface area contributed by atoms with Crippen molar-refractivity contribution in [3.8, 4) is 11.5 Å². The highest BCUT2D eigenvalue weighted by Gasteiger charge is 2.37. The van der Waals surface area contributed by atoms with Gasteiger partial charge in [0.1, 0.15) is 23.7 Å². The van der Waals surface area contributed by atoms with E-state index in [1.807, 2.05) is 30.3 Å². The number of methoxy groups -OCH3 is 1. The molecule has 0 bridgehead atoms. The molecule has 9 heteroatoms. The van der Waals surface area contributed by atoms with Crippen molar-refractivity contribution >= 4 is 22.7 Å². The van der Waals surface area contributed by atoms with E-state index in [4.69, 9.17) is 19.2 Å². The SMILES string of the molecule is COc1ccc(COc2c3c(c(C(=O)N4CCOCC4)c4cc(Cc5ccc(F)cc5)cnc24)CN(C)C3=O)cc1.